The lowest BCUT2D eigenvalue weighted by Gasteiger charge is -2.41. The van der Waals surface area contributed by atoms with Crippen molar-refractivity contribution in [3.63, 3.8) is 0 Å². The van der Waals surface area contributed by atoms with E-state index in [4.69, 9.17) is 0 Å². The molecule has 1 aromatic heterocycles. The standard InChI is InChI=1S/C22H24FNO3S/c23-16-11-9-15(10-12-16)19-13-18(21(28-19)22(26)27)24-17(7-4-8-20(24)25)14-5-2-1-3-6-14/h9-14,17H,1-8H2,(H,26,27). The predicted molar refractivity (Wildman–Crippen MR) is 108 cm³/mol. The van der Waals surface area contributed by atoms with Crippen LogP contribution in [0, 0.1) is 11.7 Å². The second kappa shape index (κ2) is 8.03. The molecule has 1 saturated heterocycles. The first-order chi connectivity index (χ1) is 13.5. The van der Waals surface area contributed by atoms with Crippen LogP contribution in [0.5, 0.6) is 0 Å². The predicted octanol–water partition coefficient (Wildman–Crippen LogP) is 5.72. The SMILES string of the molecule is O=C(O)c1sc(-c2ccc(F)cc2)cc1N1C(=O)CCCC1C1CCCCC1. The number of rotatable bonds is 4. The van der Waals surface area contributed by atoms with Gasteiger partial charge in [-0.1, -0.05) is 31.4 Å². The van der Waals surface area contributed by atoms with Gasteiger partial charge in [0.15, 0.2) is 0 Å². The molecular weight excluding hydrogens is 377 g/mol. The highest BCUT2D eigenvalue weighted by atomic mass is 32.1. The maximum atomic E-state index is 13.3. The molecule has 1 unspecified atom stereocenters. The van der Waals surface area contributed by atoms with Crippen LogP contribution in [0.3, 0.4) is 0 Å². The van der Waals surface area contributed by atoms with Gasteiger partial charge in [0.25, 0.3) is 0 Å². The van der Waals surface area contributed by atoms with Crippen LogP contribution in [0.1, 0.15) is 61.0 Å². The van der Waals surface area contributed by atoms with Gasteiger partial charge in [-0.25, -0.2) is 9.18 Å². The van der Waals surface area contributed by atoms with E-state index in [2.05, 4.69) is 0 Å². The molecule has 0 spiro atoms. The summed E-state index contributed by atoms with van der Waals surface area (Å²) in [5.41, 5.74) is 1.27. The van der Waals surface area contributed by atoms with Crippen LogP contribution >= 0.6 is 11.3 Å². The average Bonchev–Trinajstić information content (AvgIpc) is 3.14. The smallest absolute Gasteiger partial charge is 0.348 e. The summed E-state index contributed by atoms with van der Waals surface area (Å²) in [7, 11) is 0. The van der Waals surface area contributed by atoms with Crippen LogP contribution in [0.2, 0.25) is 0 Å². The molecule has 1 aliphatic carbocycles. The minimum Gasteiger partial charge on any atom is -0.477 e. The fourth-order valence-corrected chi connectivity index (χ4v) is 5.64. The Labute approximate surface area is 168 Å². The largest absolute Gasteiger partial charge is 0.477 e. The maximum Gasteiger partial charge on any atom is 0.348 e. The lowest BCUT2D eigenvalue weighted by atomic mass is 9.79. The van der Waals surface area contributed by atoms with Crippen molar-refractivity contribution in [3.05, 3.63) is 41.0 Å². The molecule has 148 valence electrons. The van der Waals surface area contributed by atoms with Crippen LogP contribution in [0.15, 0.2) is 30.3 Å². The summed E-state index contributed by atoms with van der Waals surface area (Å²) in [6.45, 7) is 0. The number of piperidine rings is 1. The molecule has 2 heterocycles. The summed E-state index contributed by atoms with van der Waals surface area (Å²) in [5, 5.41) is 9.80. The van der Waals surface area contributed by atoms with Gasteiger partial charge in [0.05, 0.1) is 5.69 Å². The Balaban J connectivity index is 1.75. The molecule has 0 radical (unpaired) electrons. The molecule has 1 aliphatic heterocycles. The van der Waals surface area contributed by atoms with Crippen molar-refractivity contribution < 1.29 is 19.1 Å². The molecule has 1 aromatic carbocycles. The summed E-state index contributed by atoms with van der Waals surface area (Å²) in [5.74, 6) is -0.890. The number of anilines is 1. The van der Waals surface area contributed by atoms with E-state index in [0.29, 0.717) is 18.0 Å². The summed E-state index contributed by atoms with van der Waals surface area (Å²) in [6, 6.07) is 7.91. The number of halogens is 1. The Hall–Kier alpha value is -2.21. The average molecular weight is 402 g/mol. The van der Waals surface area contributed by atoms with E-state index in [1.807, 2.05) is 0 Å². The zero-order valence-electron chi connectivity index (χ0n) is 15.7. The van der Waals surface area contributed by atoms with Crippen molar-refractivity contribution in [2.24, 2.45) is 5.92 Å². The number of carboxylic acid groups (broad SMARTS) is 1. The number of amides is 1. The minimum atomic E-state index is -1.02. The van der Waals surface area contributed by atoms with Crippen molar-refractivity contribution in [2.75, 3.05) is 4.90 Å². The van der Waals surface area contributed by atoms with Gasteiger partial charge < -0.3 is 10.0 Å². The quantitative estimate of drug-likeness (QED) is 0.713. The summed E-state index contributed by atoms with van der Waals surface area (Å²) < 4.78 is 13.3. The lowest BCUT2D eigenvalue weighted by molar-refractivity contribution is -0.120. The molecule has 0 bridgehead atoms. The fourth-order valence-electron chi connectivity index (χ4n) is 4.65. The molecule has 4 nitrogen and oxygen atoms in total. The van der Waals surface area contributed by atoms with Gasteiger partial charge in [0.2, 0.25) is 5.91 Å². The van der Waals surface area contributed by atoms with Crippen molar-refractivity contribution in [2.45, 2.75) is 57.4 Å². The first-order valence-electron chi connectivity index (χ1n) is 9.99. The van der Waals surface area contributed by atoms with Gasteiger partial charge in [-0.2, -0.15) is 0 Å². The van der Waals surface area contributed by atoms with Gasteiger partial charge >= 0.3 is 5.97 Å². The number of carboxylic acids is 1. The Bertz CT molecular complexity index is 870. The number of carbonyl (C=O) groups is 2. The van der Waals surface area contributed by atoms with E-state index < -0.39 is 5.97 Å². The number of thiophene rings is 1. The lowest BCUT2D eigenvalue weighted by Crippen LogP contribution is -2.48. The van der Waals surface area contributed by atoms with E-state index >= 15 is 0 Å². The molecule has 1 atom stereocenters. The molecule has 2 aliphatic rings. The highest BCUT2D eigenvalue weighted by Crippen LogP contribution is 2.42. The molecule has 4 rings (SSSR count). The molecule has 28 heavy (non-hydrogen) atoms. The number of aromatic carboxylic acids is 1. The Morgan fingerprint density at radius 1 is 1.07 bits per heavy atom. The van der Waals surface area contributed by atoms with E-state index in [1.54, 1.807) is 23.1 Å². The van der Waals surface area contributed by atoms with Crippen LogP contribution in [-0.2, 0) is 4.79 Å². The third-order valence-corrected chi connectivity index (χ3v) is 7.14. The Morgan fingerprint density at radius 3 is 2.46 bits per heavy atom. The van der Waals surface area contributed by atoms with E-state index in [0.717, 1.165) is 47.5 Å². The van der Waals surface area contributed by atoms with Gasteiger partial charge in [0.1, 0.15) is 10.7 Å². The molecule has 1 saturated carbocycles. The highest BCUT2D eigenvalue weighted by Gasteiger charge is 2.38. The monoisotopic (exact) mass is 401 g/mol. The van der Waals surface area contributed by atoms with E-state index in [1.165, 1.54) is 31.4 Å². The Morgan fingerprint density at radius 2 is 1.79 bits per heavy atom. The van der Waals surface area contributed by atoms with Gasteiger partial charge in [-0.15, -0.1) is 11.3 Å². The van der Waals surface area contributed by atoms with Gasteiger partial charge in [-0.05, 0) is 55.4 Å². The first-order valence-corrected chi connectivity index (χ1v) is 10.8. The Kier molecular flexibility index (Phi) is 5.49. The molecule has 2 fully saturated rings. The second-order valence-electron chi connectivity index (χ2n) is 7.76. The van der Waals surface area contributed by atoms with Crippen molar-refractivity contribution >= 4 is 28.9 Å². The number of nitrogens with zero attached hydrogens (tertiary/aromatic N) is 1. The van der Waals surface area contributed by atoms with Crippen LogP contribution < -0.4 is 4.90 Å². The van der Waals surface area contributed by atoms with Crippen molar-refractivity contribution in [1.82, 2.24) is 0 Å². The summed E-state index contributed by atoms with van der Waals surface area (Å²) in [6.07, 6.45) is 8.07. The van der Waals surface area contributed by atoms with Crippen molar-refractivity contribution in [1.29, 1.82) is 0 Å². The normalized spacial score (nSPS) is 21.1. The zero-order valence-corrected chi connectivity index (χ0v) is 16.5. The minimum absolute atomic E-state index is 0.0211. The highest BCUT2D eigenvalue weighted by molar-refractivity contribution is 7.18. The third-order valence-electron chi connectivity index (χ3n) is 5.98. The first kappa shape index (κ1) is 19.1. The fraction of sp³-hybridized carbons (Fsp3) is 0.455. The molecule has 1 N–H and O–H groups in total. The third kappa shape index (κ3) is 3.70. The maximum absolute atomic E-state index is 13.3. The molecular formula is C22H24FNO3S. The number of carbonyl (C=O) groups excluding carboxylic acids is 1. The number of hydrogen-bond donors (Lipinski definition) is 1. The number of benzene rings is 1. The summed E-state index contributed by atoms with van der Waals surface area (Å²) >= 11 is 1.16. The van der Waals surface area contributed by atoms with E-state index in [-0.39, 0.29) is 22.6 Å². The van der Waals surface area contributed by atoms with E-state index in [9.17, 15) is 19.1 Å². The molecule has 1 amide bonds. The van der Waals surface area contributed by atoms with Crippen LogP contribution in [-0.4, -0.2) is 23.0 Å². The topological polar surface area (TPSA) is 57.6 Å². The zero-order chi connectivity index (χ0) is 19.7. The van der Waals surface area contributed by atoms with Crippen LogP contribution in [0.4, 0.5) is 10.1 Å². The van der Waals surface area contributed by atoms with Crippen LogP contribution in [0.25, 0.3) is 10.4 Å². The molecule has 2 aromatic rings. The van der Waals surface area contributed by atoms with Crippen molar-refractivity contribution in [3.8, 4) is 10.4 Å². The molecule has 6 heteroatoms. The van der Waals surface area contributed by atoms with Gasteiger partial charge in [0, 0.05) is 17.3 Å². The number of hydrogen-bond acceptors (Lipinski definition) is 3. The second-order valence-corrected chi connectivity index (χ2v) is 8.81. The summed E-state index contributed by atoms with van der Waals surface area (Å²) in [4.78, 5) is 27.6. The van der Waals surface area contributed by atoms with Gasteiger partial charge in [-0.3, -0.25) is 4.79 Å².